The van der Waals surface area contributed by atoms with Crippen LogP contribution in [0.1, 0.15) is 46.9 Å². The van der Waals surface area contributed by atoms with Gasteiger partial charge in [0.25, 0.3) is 5.91 Å². The molecule has 2 aliphatic rings. The first-order valence-corrected chi connectivity index (χ1v) is 10.7. The summed E-state index contributed by atoms with van der Waals surface area (Å²) in [4.78, 5) is 17.6. The summed E-state index contributed by atoms with van der Waals surface area (Å²) in [7, 11) is 0. The van der Waals surface area contributed by atoms with Crippen molar-refractivity contribution in [1.82, 2.24) is 9.99 Å². The SMILES string of the molecule is O=C(c1ccccn1)N1N=C2/C(=C/c3ccc(F)cc3)CCC[C@@H]2[C@@H]1c1ccc(F)cc1. The van der Waals surface area contributed by atoms with Crippen molar-refractivity contribution < 1.29 is 13.6 Å². The molecule has 1 aromatic heterocycles. The van der Waals surface area contributed by atoms with E-state index in [4.69, 9.17) is 5.10 Å². The molecule has 0 saturated heterocycles. The zero-order chi connectivity index (χ0) is 22.1. The number of pyridine rings is 1. The third-order valence-corrected chi connectivity index (χ3v) is 6.02. The maximum atomic E-state index is 13.6. The Balaban J connectivity index is 1.57. The molecule has 1 saturated carbocycles. The molecule has 1 aliphatic heterocycles. The lowest BCUT2D eigenvalue weighted by atomic mass is 9.77. The minimum atomic E-state index is -0.336. The second-order valence-corrected chi connectivity index (χ2v) is 8.07. The van der Waals surface area contributed by atoms with Crippen LogP contribution < -0.4 is 0 Å². The van der Waals surface area contributed by atoms with Crippen LogP contribution in [0.25, 0.3) is 6.08 Å². The molecule has 0 bridgehead atoms. The number of amides is 1. The largest absolute Gasteiger partial charge is 0.293 e. The molecule has 1 aliphatic carbocycles. The molecule has 3 aromatic rings. The van der Waals surface area contributed by atoms with Gasteiger partial charge < -0.3 is 0 Å². The number of rotatable bonds is 3. The molecular weight excluding hydrogens is 408 g/mol. The van der Waals surface area contributed by atoms with E-state index in [0.29, 0.717) is 5.69 Å². The summed E-state index contributed by atoms with van der Waals surface area (Å²) in [5.41, 5.74) is 3.93. The molecule has 2 atom stereocenters. The van der Waals surface area contributed by atoms with Gasteiger partial charge in [-0.05, 0) is 78.4 Å². The van der Waals surface area contributed by atoms with E-state index in [-0.39, 0.29) is 29.5 Å². The third kappa shape index (κ3) is 3.84. The number of carbonyl (C=O) groups excluding carboxylic acids is 1. The lowest BCUT2D eigenvalue weighted by Gasteiger charge is -2.29. The molecule has 6 heteroatoms. The van der Waals surface area contributed by atoms with Gasteiger partial charge in [0.2, 0.25) is 0 Å². The zero-order valence-corrected chi connectivity index (χ0v) is 17.3. The number of aromatic nitrogens is 1. The van der Waals surface area contributed by atoms with Gasteiger partial charge in [-0.1, -0.05) is 30.3 Å². The predicted octanol–water partition coefficient (Wildman–Crippen LogP) is 5.80. The predicted molar refractivity (Wildman–Crippen MR) is 119 cm³/mol. The maximum Gasteiger partial charge on any atom is 0.293 e. The first-order valence-electron chi connectivity index (χ1n) is 10.7. The number of hydrazone groups is 1. The van der Waals surface area contributed by atoms with Crippen LogP contribution in [0.4, 0.5) is 8.78 Å². The fourth-order valence-electron chi connectivity index (χ4n) is 4.53. The Bertz CT molecular complexity index is 1190. The summed E-state index contributed by atoms with van der Waals surface area (Å²) in [5, 5.41) is 6.29. The second-order valence-electron chi connectivity index (χ2n) is 8.07. The number of hydrogen-bond donors (Lipinski definition) is 0. The van der Waals surface area contributed by atoms with Crippen molar-refractivity contribution in [2.45, 2.75) is 25.3 Å². The van der Waals surface area contributed by atoms with E-state index in [1.807, 2.05) is 6.08 Å². The van der Waals surface area contributed by atoms with Gasteiger partial charge in [-0.25, -0.2) is 13.8 Å². The first kappa shape index (κ1) is 20.2. The van der Waals surface area contributed by atoms with Crippen molar-refractivity contribution in [3.8, 4) is 0 Å². The Morgan fingerprint density at radius 1 is 0.969 bits per heavy atom. The monoisotopic (exact) mass is 429 g/mol. The van der Waals surface area contributed by atoms with Crippen LogP contribution in [-0.4, -0.2) is 21.6 Å². The molecule has 0 unspecified atom stereocenters. The van der Waals surface area contributed by atoms with Crippen LogP contribution >= 0.6 is 0 Å². The Morgan fingerprint density at radius 3 is 2.38 bits per heavy atom. The minimum absolute atomic E-state index is 0.00595. The van der Waals surface area contributed by atoms with Crippen molar-refractivity contribution in [1.29, 1.82) is 0 Å². The summed E-state index contributed by atoms with van der Waals surface area (Å²) in [6, 6.07) is 17.4. The standard InChI is InChI=1S/C26H21F2N3O/c27-20-11-7-17(8-12-20)16-19-4-3-5-22-24(19)30-31(26(32)23-6-1-2-15-29-23)25(22)18-9-13-21(28)14-10-18/h1-2,6-16,22,25H,3-5H2/b19-16+/t22-,25-/m0/s1. The molecule has 0 spiro atoms. The molecule has 32 heavy (non-hydrogen) atoms. The van der Waals surface area contributed by atoms with Gasteiger partial charge in [0.15, 0.2) is 0 Å². The average molecular weight is 429 g/mol. The van der Waals surface area contributed by atoms with Gasteiger partial charge in [0, 0.05) is 12.1 Å². The normalized spacial score (nSPS) is 21.4. The summed E-state index contributed by atoms with van der Waals surface area (Å²) < 4.78 is 26.9. The Labute approximate surface area is 184 Å². The van der Waals surface area contributed by atoms with Gasteiger partial charge >= 0.3 is 0 Å². The van der Waals surface area contributed by atoms with Gasteiger partial charge in [-0.15, -0.1) is 0 Å². The minimum Gasteiger partial charge on any atom is -0.265 e. The molecule has 2 heterocycles. The number of nitrogens with zero attached hydrogens (tertiary/aromatic N) is 3. The Hall–Kier alpha value is -3.67. The van der Waals surface area contributed by atoms with E-state index >= 15 is 0 Å². The van der Waals surface area contributed by atoms with Crippen LogP contribution in [0.5, 0.6) is 0 Å². The highest BCUT2D eigenvalue weighted by atomic mass is 19.1. The van der Waals surface area contributed by atoms with Crippen molar-refractivity contribution >= 4 is 17.7 Å². The first-order chi connectivity index (χ1) is 15.6. The van der Waals surface area contributed by atoms with Crippen molar-refractivity contribution in [3.63, 3.8) is 0 Å². The van der Waals surface area contributed by atoms with Crippen LogP contribution in [-0.2, 0) is 0 Å². The smallest absolute Gasteiger partial charge is 0.265 e. The topological polar surface area (TPSA) is 45.6 Å². The van der Waals surface area contributed by atoms with E-state index in [0.717, 1.165) is 41.7 Å². The van der Waals surface area contributed by atoms with Crippen LogP contribution in [0.15, 0.2) is 83.6 Å². The second kappa shape index (κ2) is 8.46. The number of halogens is 2. The number of fused-ring (bicyclic) bond motifs is 1. The summed E-state index contributed by atoms with van der Waals surface area (Å²) in [5.74, 6) is -0.900. The average Bonchev–Trinajstić information content (AvgIpc) is 3.22. The Kier molecular flexibility index (Phi) is 5.35. The molecular formula is C26H21F2N3O. The molecule has 4 nitrogen and oxygen atoms in total. The third-order valence-electron chi connectivity index (χ3n) is 6.02. The Morgan fingerprint density at radius 2 is 1.69 bits per heavy atom. The van der Waals surface area contributed by atoms with E-state index in [1.165, 1.54) is 29.3 Å². The van der Waals surface area contributed by atoms with Gasteiger partial charge in [-0.3, -0.25) is 9.78 Å². The highest BCUT2D eigenvalue weighted by Gasteiger charge is 2.44. The van der Waals surface area contributed by atoms with Crippen molar-refractivity contribution in [3.05, 3.63) is 107 Å². The molecule has 2 aromatic carbocycles. The quantitative estimate of drug-likeness (QED) is 0.529. The van der Waals surface area contributed by atoms with Crippen LogP contribution in [0.2, 0.25) is 0 Å². The summed E-state index contributed by atoms with van der Waals surface area (Å²) >= 11 is 0. The molecule has 0 radical (unpaired) electrons. The number of hydrogen-bond acceptors (Lipinski definition) is 3. The molecule has 0 N–H and O–H groups in total. The van der Waals surface area contributed by atoms with Gasteiger partial charge in [0.05, 0.1) is 11.8 Å². The molecule has 1 amide bonds. The summed E-state index contributed by atoms with van der Waals surface area (Å²) in [6.07, 6.45) is 6.24. The molecule has 1 fully saturated rings. The zero-order valence-electron chi connectivity index (χ0n) is 17.3. The number of allylic oxidation sites excluding steroid dienone is 1. The van der Waals surface area contributed by atoms with Crippen molar-refractivity contribution in [2.24, 2.45) is 11.0 Å². The highest BCUT2D eigenvalue weighted by molar-refractivity contribution is 6.09. The highest BCUT2D eigenvalue weighted by Crippen LogP contribution is 2.44. The fourth-order valence-corrected chi connectivity index (χ4v) is 4.53. The number of benzene rings is 2. The van der Waals surface area contributed by atoms with E-state index in [2.05, 4.69) is 4.98 Å². The fraction of sp³-hybridized carbons (Fsp3) is 0.192. The van der Waals surface area contributed by atoms with Gasteiger partial charge in [-0.2, -0.15) is 5.10 Å². The van der Waals surface area contributed by atoms with E-state index in [1.54, 1.807) is 48.7 Å². The van der Waals surface area contributed by atoms with E-state index in [9.17, 15) is 13.6 Å². The van der Waals surface area contributed by atoms with E-state index < -0.39 is 0 Å². The lowest BCUT2D eigenvalue weighted by molar-refractivity contribution is 0.0674. The van der Waals surface area contributed by atoms with Gasteiger partial charge in [0.1, 0.15) is 17.3 Å². The summed E-state index contributed by atoms with van der Waals surface area (Å²) in [6.45, 7) is 0. The lowest BCUT2D eigenvalue weighted by Crippen LogP contribution is -2.32. The van der Waals surface area contributed by atoms with Crippen molar-refractivity contribution in [2.75, 3.05) is 0 Å². The maximum absolute atomic E-state index is 13.6. The van der Waals surface area contributed by atoms with Crippen LogP contribution in [0.3, 0.4) is 0 Å². The number of carbonyl (C=O) groups is 1. The molecule has 5 rings (SSSR count). The molecule has 160 valence electrons. The van der Waals surface area contributed by atoms with Crippen LogP contribution in [0, 0.1) is 17.6 Å².